The Balaban J connectivity index is 2.27. The molecule has 1 aromatic carbocycles. The van der Waals surface area contributed by atoms with Gasteiger partial charge in [0.2, 0.25) is 0 Å². The van der Waals surface area contributed by atoms with Crippen molar-refractivity contribution in [3.05, 3.63) is 28.7 Å². The summed E-state index contributed by atoms with van der Waals surface area (Å²) in [6.45, 7) is 4.45. The zero-order chi connectivity index (χ0) is 14.8. The minimum Gasteiger partial charge on any atom is -0.480 e. The molecule has 1 atom stereocenters. The number of carbonyl (C=O) groups is 1. The third-order valence-corrected chi connectivity index (χ3v) is 5.03. The highest BCUT2D eigenvalue weighted by Gasteiger charge is 2.42. The van der Waals surface area contributed by atoms with Crippen LogP contribution in [0.2, 0.25) is 0 Å². The molecule has 1 fully saturated rings. The maximum Gasteiger partial charge on any atom is 0.329 e. The molecule has 110 valence electrons. The van der Waals surface area contributed by atoms with Crippen molar-refractivity contribution in [3.8, 4) is 0 Å². The van der Waals surface area contributed by atoms with Crippen molar-refractivity contribution in [3.63, 3.8) is 0 Å². The van der Waals surface area contributed by atoms with Gasteiger partial charge in [-0.3, -0.25) is 0 Å². The highest BCUT2D eigenvalue weighted by atomic mass is 79.9. The largest absolute Gasteiger partial charge is 0.480 e. The van der Waals surface area contributed by atoms with Crippen LogP contribution in [0.5, 0.6) is 0 Å². The van der Waals surface area contributed by atoms with Crippen molar-refractivity contribution in [1.29, 1.82) is 0 Å². The van der Waals surface area contributed by atoms with Crippen molar-refractivity contribution in [1.82, 2.24) is 0 Å². The number of nitrogens with one attached hydrogen (secondary N) is 1. The maximum atomic E-state index is 11.9. The summed E-state index contributed by atoms with van der Waals surface area (Å²) >= 11 is 3.48. The van der Waals surface area contributed by atoms with Crippen molar-refractivity contribution in [2.75, 3.05) is 5.32 Å². The normalized spacial score (nSPS) is 25.8. The molecule has 1 aromatic rings. The number of hydrogen-bond donors (Lipinski definition) is 2. The Morgan fingerprint density at radius 2 is 1.90 bits per heavy atom. The molecular formula is C16H22BrNO2. The van der Waals surface area contributed by atoms with Gasteiger partial charge in [0.05, 0.1) is 0 Å². The maximum absolute atomic E-state index is 11.9. The molecule has 0 radical (unpaired) electrons. The van der Waals surface area contributed by atoms with Gasteiger partial charge < -0.3 is 10.4 Å². The minimum absolute atomic E-state index is 0.229. The van der Waals surface area contributed by atoms with Crippen molar-refractivity contribution in [2.24, 2.45) is 5.41 Å². The third kappa shape index (κ3) is 3.35. The molecule has 4 heteroatoms. The van der Waals surface area contributed by atoms with Gasteiger partial charge in [0.25, 0.3) is 0 Å². The van der Waals surface area contributed by atoms with Crippen LogP contribution in [0.25, 0.3) is 0 Å². The molecule has 1 unspecified atom stereocenters. The van der Waals surface area contributed by atoms with E-state index >= 15 is 0 Å². The number of hydrogen-bond acceptors (Lipinski definition) is 2. The topological polar surface area (TPSA) is 49.3 Å². The lowest BCUT2D eigenvalue weighted by Gasteiger charge is -2.31. The van der Waals surface area contributed by atoms with Gasteiger partial charge in [-0.1, -0.05) is 26.0 Å². The number of aliphatic carboxylic acids is 1. The highest BCUT2D eigenvalue weighted by Crippen LogP contribution is 2.40. The molecule has 1 saturated carbocycles. The molecule has 0 bridgehead atoms. The molecule has 0 aliphatic heterocycles. The van der Waals surface area contributed by atoms with Crippen molar-refractivity contribution < 1.29 is 9.90 Å². The van der Waals surface area contributed by atoms with Crippen LogP contribution in [-0.4, -0.2) is 16.6 Å². The predicted molar refractivity (Wildman–Crippen MR) is 85.0 cm³/mol. The highest BCUT2D eigenvalue weighted by molar-refractivity contribution is 9.10. The minimum atomic E-state index is -0.850. The van der Waals surface area contributed by atoms with Crippen LogP contribution < -0.4 is 5.32 Å². The molecule has 0 amide bonds. The lowest BCUT2D eigenvalue weighted by Crippen LogP contribution is -2.46. The van der Waals surface area contributed by atoms with Gasteiger partial charge >= 0.3 is 5.97 Å². The van der Waals surface area contributed by atoms with Crippen LogP contribution in [0.15, 0.2) is 28.7 Å². The molecule has 1 aliphatic rings. The van der Waals surface area contributed by atoms with Crippen LogP contribution >= 0.6 is 15.9 Å². The summed E-state index contributed by atoms with van der Waals surface area (Å²) in [5.74, 6) is -0.744. The number of benzene rings is 1. The van der Waals surface area contributed by atoms with Gasteiger partial charge in [0, 0.05) is 10.2 Å². The Hall–Kier alpha value is -1.03. The summed E-state index contributed by atoms with van der Waals surface area (Å²) in [4.78, 5) is 11.9. The van der Waals surface area contributed by atoms with E-state index in [1.165, 1.54) is 0 Å². The van der Waals surface area contributed by atoms with Crippen LogP contribution in [-0.2, 0) is 4.79 Å². The van der Waals surface area contributed by atoms with E-state index < -0.39 is 11.5 Å². The molecule has 0 heterocycles. The summed E-state index contributed by atoms with van der Waals surface area (Å²) in [5, 5.41) is 13.1. The van der Waals surface area contributed by atoms with Gasteiger partial charge in [-0.15, -0.1) is 0 Å². The first-order chi connectivity index (χ1) is 9.35. The average Bonchev–Trinajstić information content (AvgIpc) is 2.52. The number of para-hydroxylation sites is 1. The summed E-state index contributed by atoms with van der Waals surface area (Å²) in [5.41, 5.74) is 0.236. The lowest BCUT2D eigenvalue weighted by molar-refractivity contribution is -0.142. The van der Waals surface area contributed by atoms with E-state index in [0.717, 1.165) is 29.4 Å². The van der Waals surface area contributed by atoms with E-state index in [1.807, 2.05) is 24.3 Å². The second kappa shape index (κ2) is 5.76. The first-order valence-electron chi connectivity index (χ1n) is 7.11. The number of halogens is 1. The molecule has 2 N–H and O–H groups in total. The SMILES string of the molecule is CC1(C)CCCC(Nc2ccccc2Br)(C(=O)O)CC1. The van der Waals surface area contributed by atoms with Crippen LogP contribution in [0.4, 0.5) is 5.69 Å². The first-order valence-corrected chi connectivity index (χ1v) is 7.90. The number of carboxylic acid groups (broad SMARTS) is 1. The van der Waals surface area contributed by atoms with Crippen molar-refractivity contribution in [2.45, 2.75) is 51.5 Å². The Kier molecular flexibility index (Phi) is 4.43. The van der Waals surface area contributed by atoms with Gasteiger partial charge in [0.1, 0.15) is 5.54 Å². The average molecular weight is 340 g/mol. The van der Waals surface area contributed by atoms with E-state index in [9.17, 15) is 9.90 Å². The van der Waals surface area contributed by atoms with E-state index in [1.54, 1.807) is 0 Å². The van der Waals surface area contributed by atoms with Gasteiger partial charge in [-0.05, 0) is 65.6 Å². The monoisotopic (exact) mass is 339 g/mol. The number of carboxylic acids is 1. The summed E-state index contributed by atoms with van der Waals surface area (Å²) < 4.78 is 0.907. The second-order valence-electron chi connectivity index (χ2n) is 6.51. The van der Waals surface area contributed by atoms with Gasteiger partial charge in [-0.2, -0.15) is 0 Å². The molecule has 0 saturated heterocycles. The number of rotatable bonds is 3. The van der Waals surface area contributed by atoms with Gasteiger partial charge in [-0.25, -0.2) is 4.79 Å². The quantitative estimate of drug-likeness (QED) is 0.786. The fraction of sp³-hybridized carbons (Fsp3) is 0.562. The molecule has 0 spiro atoms. The van der Waals surface area contributed by atoms with E-state index in [4.69, 9.17) is 0 Å². The predicted octanol–water partition coefficient (Wildman–Crippen LogP) is 4.67. The van der Waals surface area contributed by atoms with E-state index in [0.29, 0.717) is 12.8 Å². The Labute approximate surface area is 128 Å². The molecule has 3 nitrogen and oxygen atoms in total. The summed E-state index contributed by atoms with van der Waals surface area (Å²) in [6, 6.07) is 7.70. The first kappa shape index (κ1) is 15.4. The van der Waals surface area contributed by atoms with Crippen LogP contribution in [0.1, 0.15) is 46.0 Å². The standard InChI is InChI=1S/C16H22BrNO2/c1-15(2)8-5-9-16(11-10-15,14(19)20)18-13-7-4-3-6-12(13)17/h3-4,6-7,18H,5,8-11H2,1-2H3,(H,19,20). The van der Waals surface area contributed by atoms with E-state index in [2.05, 4.69) is 35.1 Å². The Morgan fingerprint density at radius 3 is 2.55 bits per heavy atom. The Bertz CT molecular complexity index is 501. The lowest BCUT2D eigenvalue weighted by atomic mass is 9.83. The molecular weight excluding hydrogens is 318 g/mol. The second-order valence-corrected chi connectivity index (χ2v) is 7.36. The van der Waals surface area contributed by atoms with Crippen molar-refractivity contribution >= 4 is 27.6 Å². The summed E-state index contributed by atoms with van der Waals surface area (Å²) in [6.07, 6.45) is 4.29. The smallest absolute Gasteiger partial charge is 0.329 e. The van der Waals surface area contributed by atoms with E-state index in [-0.39, 0.29) is 5.41 Å². The zero-order valence-electron chi connectivity index (χ0n) is 12.1. The Morgan fingerprint density at radius 1 is 1.20 bits per heavy atom. The zero-order valence-corrected chi connectivity index (χ0v) is 13.7. The summed E-state index contributed by atoms with van der Waals surface area (Å²) in [7, 11) is 0. The fourth-order valence-corrected chi connectivity index (χ4v) is 3.27. The molecule has 2 rings (SSSR count). The molecule has 1 aliphatic carbocycles. The molecule has 20 heavy (non-hydrogen) atoms. The number of anilines is 1. The molecule has 0 aromatic heterocycles. The van der Waals surface area contributed by atoms with Gasteiger partial charge in [0.15, 0.2) is 0 Å². The van der Waals surface area contributed by atoms with Crippen LogP contribution in [0, 0.1) is 5.41 Å². The third-order valence-electron chi connectivity index (χ3n) is 4.34. The fourth-order valence-electron chi connectivity index (χ4n) is 2.88. The van der Waals surface area contributed by atoms with Crippen LogP contribution in [0.3, 0.4) is 0 Å².